The highest BCUT2D eigenvalue weighted by molar-refractivity contribution is 6.00. The number of benzene rings is 3. The van der Waals surface area contributed by atoms with Crippen LogP contribution in [-0.4, -0.2) is 27.6 Å². The van der Waals surface area contributed by atoms with Crippen molar-refractivity contribution in [2.24, 2.45) is 0 Å². The van der Waals surface area contributed by atoms with Crippen LogP contribution in [0.2, 0.25) is 0 Å². The Labute approximate surface area is 191 Å². The van der Waals surface area contributed by atoms with E-state index >= 15 is 0 Å². The van der Waals surface area contributed by atoms with Crippen LogP contribution in [0, 0.1) is 5.82 Å². The fraction of sp³-hybridized carbons (Fsp3) is 0.185. The lowest BCUT2D eigenvalue weighted by Gasteiger charge is -2.26. The number of aromatic nitrogens is 2. The normalized spacial score (nSPS) is 15.0. The molecule has 3 aromatic carbocycles. The van der Waals surface area contributed by atoms with E-state index in [-0.39, 0.29) is 17.8 Å². The summed E-state index contributed by atoms with van der Waals surface area (Å²) in [5, 5.41) is 7.47. The molecular formula is C27H24FN3O2. The molecule has 0 saturated carbocycles. The number of nitrogens with zero attached hydrogens (tertiary/aromatic N) is 2. The Morgan fingerprint density at radius 3 is 2.42 bits per heavy atom. The molecule has 0 bridgehead atoms. The third kappa shape index (κ3) is 4.00. The van der Waals surface area contributed by atoms with Crippen molar-refractivity contribution >= 4 is 5.91 Å². The fourth-order valence-corrected chi connectivity index (χ4v) is 4.28. The molecule has 0 radical (unpaired) electrons. The first-order valence-electron chi connectivity index (χ1n) is 11.1. The first kappa shape index (κ1) is 20.9. The zero-order valence-electron chi connectivity index (χ0n) is 18.3. The summed E-state index contributed by atoms with van der Waals surface area (Å²) in [5.74, 6) is 0.373. The topological polar surface area (TPSA) is 58.2 Å². The largest absolute Gasteiger partial charge is 0.494 e. The minimum absolute atomic E-state index is 0.125. The standard InChI is InChI=1S/C27H24FN3O2/c1-2-16-33-22-14-10-20(11-15-22)26-23-24(19-6-4-3-5-7-19)29-30-25(23)27(32)31(26)17-18-8-12-21(28)13-9-18/h3-15,26H,2,16-17H2,1H3,(H,29,30). The van der Waals surface area contributed by atoms with Gasteiger partial charge in [-0.25, -0.2) is 4.39 Å². The van der Waals surface area contributed by atoms with Gasteiger partial charge in [0.1, 0.15) is 17.3 Å². The van der Waals surface area contributed by atoms with Crippen LogP contribution < -0.4 is 4.74 Å². The van der Waals surface area contributed by atoms with Crippen LogP contribution in [0.4, 0.5) is 4.39 Å². The maximum absolute atomic E-state index is 13.5. The average Bonchev–Trinajstić information content (AvgIpc) is 3.39. The van der Waals surface area contributed by atoms with E-state index in [9.17, 15) is 9.18 Å². The van der Waals surface area contributed by atoms with Crippen molar-refractivity contribution in [2.45, 2.75) is 25.9 Å². The summed E-state index contributed by atoms with van der Waals surface area (Å²) in [4.78, 5) is 15.3. The number of ether oxygens (including phenoxy) is 1. The van der Waals surface area contributed by atoms with Gasteiger partial charge in [-0.2, -0.15) is 5.10 Å². The van der Waals surface area contributed by atoms with Gasteiger partial charge in [-0.15, -0.1) is 0 Å². The third-order valence-corrected chi connectivity index (χ3v) is 5.85. The molecule has 1 aliphatic heterocycles. The van der Waals surface area contributed by atoms with Gasteiger partial charge in [-0.05, 0) is 41.8 Å². The van der Waals surface area contributed by atoms with Crippen LogP contribution in [0.15, 0.2) is 78.9 Å². The van der Waals surface area contributed by atoms with Crippen LogP contribution in [-0.2, 0) is 6.54 Å². The summed E-state index contributed by atoms with van der Waals surface area (Å²) in [6.45, 7) is 3.08. The lowest BCUT2D eigenvalue weighted by Crippen LogP contribution is -2.29. The quantitative estimate of drug-likeness (QED) is 0.397. The number of amides is 1. The van der Waals surface area contributed by atoms with Gasteiger partial charge in [-0.3, -0.25) is 9.89 Å². The van der Waals surface area contributed by atoms with E-state index in [1.165, 1.54) is 12.1 Å². The maximum Gasteiger partial charge on any atom is 0.273 e. The Bertz CT molecular complexity index is 1250. The highest BCUT2D eigenvalue weighted by atomic mass is 19.1. The molecule has 1 aliphatic rings. The summed E-state index contributed by atoms with van der Waals surface area (Å²) in [5.41, 5.74) is 4.88. The smallest absolute Gasteiger partial charge is 0.273 e. The summed E-state index contributed by atoms with van der Waals surface area (Å²) < 4.78 is 19.2. The summed E-state index contributed by atoms with van der Waals surface area (Å²) >= 11 is 0. The molecule has 1 aromatic heterocycles. The first-order valence-corrected chi connectivity index (χ1v) is 11.1. The van der Waals surface area contributed by atoms with Crippen molar-refractivity contribution in [2.75, 3.05) is 6.61 Å². The van der Waals surface area contributed by atoms with Crippen LogP contribution in [0.5, 0.6) is 5.75 Å². The van der Waals surface area contributed by atoms with E-state index in [1.54, 1.807) is 12.1 Å². The van der Waals surface area contributed by atoms with Crippen molar-refractivity contribution < 1.29 is 13.9 Å². The molecule has 2 heterocycles. The number of carbonyl (C=O) groups is 1. The predicted molar refractivity (Wildman–Crippen MR) is 124 cm³/mol. The number of fused-ring (bicyclic) bond motifs is 1. The zero-order chi connectivity index (χ0) is 22.8. The Kier molecular flexibility index (Phi) is 5.65. The van der Waals surface area contributed by atoms with Gasteiger partial charge < -0.3 is 9.64 Å². The molecule has 166 valence electrons. The molecule has 4 aromatic rings. The SMILES string of the molecule is CCCOc1ccc(C2c3c(-c4ccccc4)n[nH]c3C(=O)N2Cc2ccc(F)cc2)cc1. The minimum atomic E-state index is -0.327. The van der Waals surface area contributed by atoms with Gasteiger partial charge in [0, 0.05) is 17.7 Å². The summed E-state index contributed by atoms with van der Waals surface area (Å²) in [6.07, 6.45) is 0.934. The van der Waals surface area contributed by atoms with Crippen molar-refractivity contribution in [3.63, 3.8) is 0 Å². The first-order chi connectivity index (χ1) is 16.2. The van der Waals surface area contributed by atoms with Gasteiger partial charge in [0.2, 0.25) is 0 Å². The number of aromatic amines is 1. The van der Waals surface area contributed by atoms with Crippen molar-refractivity contribution in [1.29, 1.82) is 0 Å². The minimum Gasteiger partial charge on any atom is -0.494 e. The Morgan fingerprint density at radius 1 is 1.00 bits per heavy atom. The second kappa shape index (κ2) is 8.90. The van der Waals surface area contributed by atoms with Crippen molar-refractivity contribution in [1.82, 2.24) is 15.1 Å². The lowest BCUT2D eigenvalue weighted by molar-refractivity contribution is 0.0730. The fourth-order valence-electron chi connectivity index (χ4n) is 4.28. The molecule has 6 heteroatoms. The van der Waals surface area contributed by atoms with Crippen LogP contribution in [0.1, 0.15) is 46.6 Å². The van der Waals surface area contributed by atoms with Gasteiger partial charge in [0.15, 0.2) is 0 Å². The number of halogens is 1. The lowest BCUT2D eigenvalue weighted by atomic mass is 9.96. The molecule has 5 rings (SSSR count). The maximum atomic E-state index is 13.5. The third-order valence-electron chi connectivity index (χ3n) is 5.85. The number of carbonyl (C=O) groups excluding carboxylic acids is 1. The molecule has 0 fully saturated rings. The van der Waals surface area contributed by atoms with E-state index in [0.717, 1.165) is 40.1 Å². The second-order valence-corrected chi connectivity index (χ2v) is 8.11. The van der Waals surface area contributed by atoms with Gasteiger partial charge in [0.25, 0.3) is 5.91 Å². The van der Waals surface area contributed by atoms with Crippen LogP contribution in [0.3, 0.4) is 0 Å². The summed E-state index contributed by atoms with van der Waals surface area (Å²) in [6, 6.07) is 23.6. The van der Waals surface area contributed by atoms with Crippen LogP contribution >= 0.6 is 0 Å². The molecule has 33 heavy (non-hydrogen) atoms. The van der Waals surface area contributed by atoms with E-state index < -0.39 is 0 Å². The van der Waals surface area contributed by atoms with Crippen molar-refractivity contribution in [3.8, 4) is 17.0 Å². The average molecular weight is 442 g/mol. The predicted octanol–water partition coefficient (Wildman–Crippen LogP) is 5.75. The Morgan fingerprint density at radius 2 is 1.73 bits per heavy atom. The summed E-state index contributed by atoms with van der Waals surface area (Å²) in [7, 11) is 0. The molecule has 0 spiro atoms. The number of H-pyrrole nitrogens is 1. The Balaban J connectivity index is 1.57. The van der Waals surface area contributed by atoms with Gasteiger partial charge in [0.05, 0.1) is 18.3 Å². The Hall–Kier alpha value is -3.93. The van der Waals surface area contributed by atoms with Gasteiger partial charge >= 0.3 is 0 Å². The molecule has 1 N–H and O–H groups in total. The van der Waals surface area contributed by atoms with E-state index in [0.29, 0.717) is 18.8 Å². The van der Waals surface area contributed by atoms with E-state index in [1.807, 2.05) is 59.5 Å². The highest BCUT2D eigenvalue weighted by Gasteiger charge is 2.42. The number of hydrogen-bond acceptors (Lipinski definition) is 3. The van der Waals surface area contributed by atoms with E-state index in [2.05, 4.69) is 17.1 Å². The molecular weight excluding hydrogens is 417 g/mol. The monoisotopic (exact) mass is 441 g/mol. The second-order valence-electron chi connectivity index (χ2n) is 8.11. The van der Waals surface area contributed by atoms with Crippen molar-refractivity contribution in [3.05, 3.63) is 107 Å². The van der Waals surface area contributed by atoms with Crippen LogP contribution in [0.25, 0.3) is 11.3 Å². The zero-order valence-corrected chi connectivity index (χ0v) is 18.3. The molecule has 0 saturated heterocycles. The molecule has 0 aliphatic carbocycles. The van der Waals surface area contributed by atoms with E-state index in [4.69, 9.17) is 4.74 Å². The van der Waals surface area contributed by atoms with Gasteiger partial charge in [-0.1, -0.05) is 61.5 Å². The molecule has 1 unspecified atom stereocenters. The number of nitrogens with one attached hydrogen (secondary N) is 1. The highest BCUT2D eigenvalue weighted by Crippen LogP contribution is 2.43. The molecule has 1 amide bonds. The number of rotatable bonds is 7. The molecule has 5 nitrogen and oxygen atoms in total. The number of hydrogen-bond donors (Lipinski definition) is 1. The molecule has 1 atom stereocenters.